The quantitative estimate of drug-likeness (QED) is 0.353. The Kier molecular flexibility index (Phi) is 5.43. The summed E-state index contributed by atoms with van der Waals surface area (Å²) in [4.78, 5) is 30.3. The predicted octanol–water partition coefficient (Wildman–Crippen LogP) is 2.41. The molecule has 0 atom stereocenters. The number of carbonyl (C=O) groups is 1. The monoisotopic (exact) mass is 401 g/mol. The number of hydrogen-bond donors (Lipinski definition) is 3. The van der Waals surface area contributed by atoms with Crippen molar-refractivity contribution < 1.29 is 9.90 Å². The number of rotatable bonds is 4. The van der Waals surface area contributed by atoms with Crippen molar-refractivity contribution in [2.45, 2.75) is 0 Å². The van der Waals surface area contributed by atoms with Crippen molar-refractivity contribution in [3.63, 3.8) is 0 Å². The zero-order valence-electron chi connectivity index (χ0n) is 13.6. The molecular formula is C17H12ClN5O3S. The van der Waals surface area contributed by atoms with Crippen molar-refractivity contribution in [2.24, 2.45) is 5.10 Å². The van der Waals surface area contributed by atoms with Gasteiger partial charge in [-0.15, -0.1) is 0 Å². The van der Waals surface area contributed by atoms with Crippen molar-refractivity contribution in [2.75, 3.05) is 0 Å². The van der Waals surface area contributed by atoms with Crippen LogP contribution in [0.4, 0.5) is 0 Å². The maximum Gasteiger partial charge on any atom is 0.271 e. The molecule has 1 aromatic carbocycles. The average molecular weight is 402 g/mol. The number of nitrogens with one attached hydrogen (secondary N) is 2. The Morgan fingerprint density at radius 2 is 1.93 bits per heavy atom. The number of hydrogen-bond acceptors (Lipinski definition) is 6. The number of aromatic amines is 1. The molecule has 0 aliphatic carbocycles. The van der Waals surface area contributed by atoms with Crippen LogP contribution < -0.4 is 11.0 Å². The number of H-pyrrole nitrogens is 1. The van der Waals surface area contributed by atoms with Gasteiger partial charge in [-0.1, -0.05) is 11.6 Å². The molecule has 0 bridgehead atoms. The summed E-state index contributed by atoms with van der Waals surface area (Å²) in [6.07, 6.45) is 3.97. The maximum atomic E-state index is 12.1. The summed E-state index contributed by atoms with van der Waals surface area (Å²) in [5.74, 6) is -0.914. The molecule has 0 unspecified atom stereocenters. The summed E-state index contributed by atoms with van der Waals surface area (Å²) < 4.78 is 1.25. The Bertz CT molecular complexity index is 1120. The minimum absolute atomic E-state index is 0.00204. The van der Waals surface area contributed by atoms with Gasteiger partial charge in [0.05, 0.1) is 11.9 Å². The van der Waals surface area contributed by atoms with Crippen LogP contribution in [0.25, 0.3) is 5.69 Å². The van der Waals surface area contributed by atoms with Gasteiger partial charge < -0.3 is 5.11 Å². The molecule has 3 aromatic rings. The Labute approximate surface area is 162 Å². The Morgan fingerprint density at radius 3 is 2.59 bits per heavy atom. The normalized spacial score (nSPS) is 10.9. The molecule has 0 fully saturated rings. The van der Waals surface area contributed by atoms with Crippen molar-refractivity contribution in [3.05, 3.63) is 80.1 Å². The molecule has 0 aliphatic heterocycles. The summed E-state index contributed by atoms with van der Waals surface area (Å²) in [5, 5.41) is 14.7. The number of amides is 1. The van der Waals surface area contributed by atoms with Crippen molar-refractivity contribution in [3.8, 4) is 11.6 Å². The molecule has 3 rings (SSSR count). The third-order valence-corrected chi connectivity index (χ3v) is 4.04. The van der Waals surface area contributed by atoms with E-state index in [-0.39, 0.29) is 10.3 Å². The van der Waals surface area contributed by atoms with Crippen LogP contribution in [-0.4, -0.2) is 31.8 Å². The number of pyridine rings is 1. The number of carbonyl (C=O) groups excluding carboxylic acids is 1. The average Bonchev–Trinajstić information content (AvgIpc) is 2.66. The lowest BCUT2D eigenvalue weighted by Crippen LogP contribution is -2.21. The topological polar surface area (TPSA) is 112 Å². The Morgan fingerprint density at radius 1 is 1.26 bits per heavy atom. The fourth-order valence-electron chi connectivity index (χ4n) is 2.21. The Balaban J connectivity index is 1.93. The first kappa shape index (κ1) is 18.5. The van der Waals surface area contributed by atoms with Gasteiger partial charge in [0.1, 0.15) is 5.56 Å². The lowest BCUT2D eigenvalue weighted by atomic mass is 10.2. The first-order valence-electron chi connectivity index (χ1n) is 7.55. The molecule has 10 heteroatoms. The Hall–Kier alpha value is -3.30. The standard InChI is InChI=1S/C17H12ClN5O3S/c18-11-1-3-12(4-2-11)23-16(26)13(15(25)21-17(23)27)9-20-22-14(24)10-5-7-19-8-6-10/h1-9,26H,(H,22,24)(H,21,25,27)/b20-9-. The van der Waals surface area contributed by atoms with E-state index in [9.17, 15) is 14.7 Å². The summed E-state index contributed by atoms with van der Waals surface area (Å²) in [6, 6.07) is 9.51. The van der Waals surface area contributed by atoms with Gasteiger partial charge >= 0.3 is 0 Å². The molecular weight excluding hydrogens is 390 g/mol. The minimum Gasteiger partial charge on any atom is -0.494 e. The van der Waals surface area contributed by atoms with Crippen molar-refractivity contribution >= 4 is 35.9 Å². The fraction of sp³-hybridized carbons (Fsp3) is 0. The van der Waals surface area contributed by atoms with E-state index in [1.807, 2.05) is 0 Å². The number of aromatic nitrogens is 3. The highest BCUT2D eigenvalue weighted by Crippen LogP contribution is 2.20. The summed E-state index contributed by atoms with van der Waals surface area (Å²) in [7, 11) is 0. The van der Waals surface area contributed by atoms with Crippen molar-refractivity contribution in [1.29, 1.82) is 0 Å². The van der Waals surface area contributed by atoms with Crippen LogP contribution >= 0.6 is 23.8 Å². The highest BCUT2D eigenvalue weighted by molar-refractivity contribution is 7.71. The second-order valence-electron chi connectivity index (χ2n) is 5.24. The molecule has 8 nitrogen and oxygen atoms in total. The molecule has 0 spiro atoms. The van der Waals surface area contributed by atoms with Crippen molar-refractivity contribution in [1.82, 2.24) is 20.0 Å². The van der Waals surface area contributed by atoms with Gasteiger partial charge in [-0.05, 0) is 48.6 Å². The SMILES string of the molecule is O=C(N/N=C\c1c(O)n(-c2ccc(Cl)cc2)c(=S)[nH]c1=O)c1ccncc1. The molecule has 0 saturated carbocycles. The van der Waals surface area contributed by atoms with Gasteiger partial charge in [0.15, 0.2) is 4.77 Å². The van der Waals surface area contributed by atoms with Gasteiger partial charge in [0, 0.05) is 23.0 Å². The number of halogens is 1. The number of hydrazone groups is 1. The van der Waals surface area contributed by atoms with Crippen LogP contribution in [0.1, 0.15) is 15.9 Å². The van der Waals surface area contributed by atoms with Gasteiger partial charge in [-0.25, -0.2) is 5.43 Å². The molecule has 3 N–H and O–H groups in total. The zero-order valence-corrected chi connectivity index (χ0v) is 15.2. The minimum atomic E-state index is -0.648. The van der Waals surface area contributed by atoms with E-state index in [1.165, 1.54) is 29.1 Å². The van der Waals surface area contributed by atoms with Gasteiger partial charge in [0.2, 0.25) is 5.88 Å². The third-order valence-electron chi connectivity index (χ3n) is 3.51. The molecule has 2 heterocycles. The van der Waals surface area contributed by atoms with Gasteiger partial charge in [0.25, 0.3) is 11.5 Å². The van der Waals surface area contributed by atoms with E-state index < -0.39 is 17.3 Å². The van der Waals surface area contributed by atoms with E-state index in [0.29, 0.717) is 16.3 Å². The maximum absolute atomic E-state index is 12.1. The lowest BCUT2D eigenvalue weighted by molar-refractivity contribution is 0.0955. The zero-order chi connectivity index (χ0) is 19.4. The van der Waals surface area contributed by atoms with E-state index in [0.717, 1.165) is 6.21 Å². The summed E-state index contributed by atoms with van der Waals surface area (Å²) >= 11 is 11.0. The van der Waals surface area contributed by atoms with Gasteiger partial charge in [-0.2, -0.15) is 5.10 Å². The molecule has 0 saturated heterocycles. The summed E-state index contributed by atoms with van der Waals surface area (Å²) in [5.41, 5.74) is 2.29. The van der Waals surface area contributed by atoms with Crippen LogP contribution in [0.15, 0.2) is 58.7 Å². The first-order valence-corrected chi connectivity index (χ1v) is 8.33. The van der Waals surface area contributed by atoms with Crippen LogP contribution in [-0.2, 0) is 0 Å². The molecule has 0 radical (unpaired) electrons. The predicted molar refractivity (Wildman–Crippen MR) is 103 cm³/mol. The molecule has 2 aromatic heterocycles. The third kappa shape index (κ3) is 4.10. The molecule has 136 valence electrons. The first-order chi connectivity index (χ1) is 13.0. The second kappa shape index (κ2) is 7.94. The largest absolute Gasteiger partial charge is 0.494 e. The lowest BCUT2D eigenvalue weighted by Gasteiger charge is -2.11. The van der Waals surface area contributed by atoms with Crippen LogP contribution in [0.5, 0.6) is 5.88 Å². The summed E-state index contributed by atoms with van der Waals surface area (Å²) in [6.45, 7) is 0. The number of aromatic hydroxyl groups is 1. The van der Waals surface area contributed by atoms with E-state index in [1.54, 1.807) is 24.3 Å². The van der Waals surface area contributed by atoms with E-state index >= 15 is 0 Å². The van der Waals surface area contributed by atoms with Crippen LogP contribution in [0.3, 0.4) is 0 Å². The van der Waals surface area contributed by atoms with E-state index in [4.69, 9.17) is 23.8 Å². The molecule has 27 heavy (non-hydrogen) atoms. The molecule has 1 amide bonds. The highest BCUT2D eigenvalue weighted by atomic mass is 35.5. The highest BCUT2D eigenvalue weighted by Gasteiger charge is 2.13. The van der Waals surface area contributed by atoms with Gasteiger partial charge in [-0.3, -0.25) is 24.1 Å². The number of nitrogens with zero attached hydrogens (tertiary/aromatic N) is 3. The smallest absolute Gasteiger partial charge is 0.271 e. The van der Waals surface area contributed by atoms with Crippen LogP contribution in [0.2, 0.25) is 5.02 Å². The molecule has 0 aliphatic rings. The fourth-order valence-corrected chi connectivity index (χ4v) is 2.62. The van der Waals surface area contributed by atoms with E-state index in [2.05, 4.69) is 20.5 Å². The second-order valence-corrected chi connectivity index (χ2v) is 6.07. The van der Waals surface area contributed by atoms with Crippen LogP contribution in [0, 0.1) is 4.77 Å². The number of benzene rings is 1.